The summed E-state index contributed by atoms with van der Waals surface area (Å²) in [6.07, 6.45) is 2.14. The fourth-order valence-electron chi connectivity index (χ4n) is 3.01. The second-order valence-corrected chi connectivity index (χ2v) is 9.06. The number of amides is 1. The molecule has 1 fully saturated rings. The number of ether oxygens (including phenoxy) is 1. The predicted molar refractivity (Wildman–Crippen MR) is 110 cm³/mol. The zero-order chi connectivity index (χ0) is 19.8. The van der Waals surface area contributed by atoms with Gasteiger partial charge in [0.2, 0.25) is 11.9 Å². The molecule has 154 valence electrons. The molecule has 1 aromatic rings. The fraction of sp³-hybridized carbons (Fsp3) is 0.842. The SMILES string of the molecule is CC(C)CC[C@H](C)NC(=O)CSc1nnc(N2CCOCC2)n1CC(C)C. The number of hydrogen-bond donors (Lipinski definition) is 1. The summed E-state index contributed by atoms with van der Waals surface area (Å²) in [4.78, 5) is 14.5. The van der Waals surface area contributed by atoms with Gasteiger partial charge in [-0.2, -0.15) is 0 Å². The van der Waals surface area contributed by atoms with Gasteiger partial charge in [-0.1, -0.05) is 39.5 Å². The van der Waals surface area contributed by atoms with Crippen molar-refractivity contribution >= 4 is 23.6 Å². The first-order valence-electron chi connectivity index (χ1n) is 10.0. The Balaban J connectivity index is 1.94. The first-order chi connectivity index (χ1) is 12.9. The van der Waals surface area contributed by atoms with E-state index in [4.69, 9.17) is 4.74 Å². The maximum Gasteiger partial charge on any atom is 0.230 e. The van der Waals surface area contributed by atoms with Gasteiger partial charge in [-0.05, 0) is 31.6 Å². The zero-order valence-corrected chi connectivity index (χ0v) is 18.2. The van der Waals surface area contributed by atoms with Crippen molar-refractivity contribution in [3.8, 4) is 0 Å². The largest absolute Gasteiger partial charge is 0.378 e. The minimum absolute atomic E-state index is 0.0586. The summed E-state index contributed by atoms with van der Waals surface area (Å²) in [5, 5.41) is 12.7. The molecule has 0 spiro atoms. The van der Waals surface area contributed by atoms with E-state index in [1.807, 2.05) is 0 Å². The van der Waals surface area contributed by atoms with Gasteiger partial charge in [-0.3, -0.25) is 9.36 Å². The van der Waals surface area contributed by atoms with Crippen LogP contribution in [0.3, 0.4) is 0 Å². The van der Waals surface area contributed by atoms with Crippen molar-refractivity contribution in [2.45, 2.75) is 65.2 Å². The van der Waals surface area contributed by atoms with E-state index in [1.54, 1.807) is 0 Å². The summed E-state index contributed by atoms with van der Waals surface area (Å²) in [5.74, 6) is 2.45. The topological polar surface area (TPSA) is 72.3 Å². The number of thioether (sulfide) groups is 1. The number of hydrogen-bond acceptors (Lipinski definition) is 6. The lowest BCUT2D eigenvalue weighted by Crippen LogP contribution is -2.38. The highest BCUT2D eigenvalue weighted by Crippen LogP contribution is 2.24. The fourth-order valence-corrected chi connectivity index (χ4v) is 3.77. The number of morpholine rings is 1. The lowest BCUT2D eigenvalue weighted by molar-refractivity contribution is -0.119. The van der Waals surface area contributed by atoms with Gasteiger partial charge >= 0.3 is 0 Å². The molecule has 0 saturated carbocycles. The van der Waals surface area contributed by atoms with E-state index in [0.29, 0.717) is 30.8 Å². The van der Waals surface area contributed by atoms with Crippen LogP contribution in [0.25, 0.3) is 0 Å². The van der Waals surface area contributed by atoms with E-state index in [-0.39, 0.29) is 11.9 Å². The summed E-state index contributed by atoms with van der Waals surface area (Å²) in [5.41, 5.74) is 0. The van der Waals surface area contributed by atoms with Crippen LogP contribution in [0, 0.1) is 11.8 Å². The highest BCUT2D eigenvalue weighted by molar-refractivity contribution is 7.99. The molecule has 1 atom stereocenters. The van der Waals surface area contributed by atoms with Crippen LogP contribution in [0.1, 0.15) is 47.5 Å². The Kier molecular flexibility index (Phi) is 8.89. The normalized spacial score (nSPS) is 16.2. The second-order valence-electron chi connectivity index (χ2n) is 8.11. The Morgan fingerprint density at radius 2 is 1.81 bits per heavy atom. The van der Waals surface area contributed by atoms with Gasteiger partial charge in [0.15, 0.2) is 5.16 Å². The molecule has 8 heteroatoms. The van der Waals surface area contributed by atoms with E-state index in [1.165, 1.54) is 11.8 Å². The molecule has 7 nitrogen and oxygen atoms in total. The molecule has 1 N–H and O–H groups in total. The minimum atomic E-state index is 0.0586. The van der Waals surface area contributed by atoms with E-state index < -0.39 is 0 Å². The van der Waals surface area contributed by atoms with Crippen LogP contribution >= 0.6 is 11.8 Å². The van der Waals surface area contributed by atoms with Gasteiger partial charge in [0.25, 0.3) is 0 Å². The Bertz CT molecular complexity index is 585. The van der Waals surface area contributed by atoms with Crippen LogP contribution in [-0.4, -0.2) is 58.8 Å². The third-order valence-corrected chi connectivity index (χ3v) is 5.42. The number of aromatic nitrogens is 3. The molecule has 0 aromatic carbocycles. The van der Waals surface area contributed by atoms with E-state index >= 15 is 0 Å². The summed E-state index contributed by atoms with van der Waals surface area (Å²) in [7, 11) is 0. The van der Waals surface area contributed by atoms with Gasteiger partial charge in [-0.25, -0.2) is 0 Å². The van der Waals surface area contributed by atoms with E-state index in [2.05, 4.69) is 59.6 Å². The lowest BCUT2D eigenvalue weighted by atomic mass is 10.0. The number of carbonyl (C=O) groups is 1. The third-order valence-electron chi connectivity index (χ3n) is 4.46. The molecule has 0 aliphatic carbocycles. The molecular formula is C19H35N5O2S. The van der Waals surface area contributed by atoms with Crippen LogP contribution in [-0.2, 0) is 16.1 Å². The maximum atomic E-state index is 12.3. The van der Waals surface area contributed by atoms with E-state index in [0.717, 1.165) is 43.6 Å². The monoisotopic (exact) mass is 397 g/mol. The molecule has 1 saturated heterocycles. The smallest absolute Gasteiger partial charge is 0.230 e. The number of anilines is 1. The number of nitrogens with zero attached hydrogens (tertiary/aromatic N) is 4. The highest BCUT2D eigenvalue weighted by atomic mass is 32.2. The Hall–Kier alpha value is -1.28. The van der Waals surface area contributed by atoms with Crippen molar-refractivity contribution in [1.82, 2.24) is 20.1 Å². The van der Waals surface area contributed by atoms with Gasteiger partial charge in [0, 0.05) is 25.7 Å². The molecule has 2 rings (SSSR count). The van der Waals surface area contributed by atoms with Gasteiger partial charge in [0.05, 0.1) is 19.0 Å². The molecule has 0 radical (unpaired) electrons. The van der Waals surface area contributed by atoms with Crippen LogP contribution < -0.4 is 10.2 Å². The Labute approximate surface area is 167 Å². The van der Waals surface area contributed by atoms with Crippen LogP contribution in [0.4, 0.5) is 5.95 Å². The zero-order valence-electron chi connectivity index (χ0n) is 17.4. The summed E-state index contributed by atoms with van der Waals surface area (Å²) in [6.45, 7) is 14.8. The van der Waals surface area contributed by atoms with E-state index in [9.17, 15) is 4.79 Å². The summed E-state index contributed by atoms with van der Waals surface area (Å²) >= 11 is 1.47. The summed E-state index contributed by atoms with van der Waals surface area (Å²) in [6, 6.07) is 0.206. The van der Waals surface area contributed by atoms with Crippen molar-refractivity contribution in [1.29, 1.82) is 0 Å². The third kappa shape index (κ3) is 7.33. The van der Waals surface area contributed by atoms with Crippen molar-refractivity contribution in [3.05, 3.63) is 0 Å². The molecule has 2 heterocycles. The highest BCUT2D eigenvalue weighted by Gasteiger charge is 2.21. The van der Waals surface area contributed by atoms with Crippen molar-refractivity contribution in [3.63, 3.8) is 0 Å². The Morgan fingerprint density at radius 1 is 1.11 bits per heavy atom. The molecular weight excluding hydrogens is 362 g/mol. The van der Waals surface area contributed by atoms with Crippen molar-refractivity contribution in [2.24, 2.45) is 11.8 Å². The summed E-state index contributed by atoms with van der Waals surface area (Å²) < 4.78 is 7.59. The molecule has 1 aliphatic heterocycles. The van der Waals surface area contributed by atoms with Crippen LogP contribution in [0.2, 0.25) is 0 Å². The molecule has 1 aromatic heterocycles. The van der Waals surface area contributed by atoms with Crippen LogP contribution in [0.15, 0.2) is 5.16 Å². The quantitative estimate of drug-likeness (QED) is 0.612. The first-order valence-corrected chi connectivity index (χ1v) is 11.0. The molecule has 27 heavy (non-hydrogen) atoms. The average molecular weight is 398 g/mol. The average Bonchev–Trinajstić information content (AvgIpc) is 3.01. The number of nitrogens with one attached hydrogen (secondary N) is 1. The second kappa shape index (κ2) is 10.9. The molecule has 1 aliphatic rings. The van der Waals surface area contributed by atoms with Gasteiger partial charge in [-0.15, -0.1) is 10.2 Å². The number of rotatable bonds is 10. The lowest BCUT2D eigenvalue weighted by Gasteiger charge is -2.28. The maximum absolute atomic E-state index is 12.3. The predicted octanol–water partition coefficient (Wildman–Crippen LogP) is 2.80. The van der Waals surface area contributed by atoms with Crippen molar-refractivity contribution in [2.75, 3.05) is 37.0 Å². The molecule has 0 unspecified atom stereocenters. The molecule has 1 amide bonds. The standard InChI is InChI=1S/C19H35N5O2S/c1-14(2)6-7-16(5)20-17(25)13-27-19-22-21-18(24(19)12-15(3)4)23-8-10-26-11-9-23/h14-16H,6-13H2,1-5H3,(H,20,25)/t16-/m0/s1. The van der Waals surface area contributed by atoms with Crippen LogP contribution in [0.5, 0.6) is 0 Å². The van der Waals surface area contributed by atoms with Crippen molar-refractivity contribution < 1.29 is 9.53 Å². The number of carbonyl (C=O) groups excluding carboxylic acids is 1. The van der Waals surface area contributed by atoms with Gasteiger partial charge in [0.1, 0.15) is 0 Å². The minimum Gasteiger partial charge on any atom is -0.378 e. The molecule has 0 bridgehead atoms. The first kappa shape index (κ1) is 22.0. The Morgan fingerprint density at radius 3 is 2.44 bits per heavy atom. The van der Waals surface area contributed by atoms with Gasteiger partial charge < -0.3 is 15.0 Å².